The van der Waals surface area contributed by atoms with Crippen molar-refractivity contribution in [2.75, 3.05) is 0 Å². The first-order valence-electron chi connectivity index (χ1n) is 1.27. The van der Waals surface area contributed by atoms with Gasteiger partial charge in [-0.1, -0.05) is 0 Å². The fraction of sp³-hybridized carbons (Fsp3) is 0. The lowest BCUT2D eigenvalue weighted by Gasteiger charge is -1.48. The van der Waals surface area contributed by atoms with Crippen LogP contribution in [0.1, 0.15) is 0 Å². The van der Waals surface area contributed by atoms with Gasteiger partial charge < -0.3 is 0 Å². The van der Waals surface area contributed by atoms with Crippen LogP contribution in [0.2, 0.25) is 0 Å². The summed E-state index contributed by atoms with van der Waals surface area (Å²) in [6.45, 7) is 0. The zero-order valence-corrected chi connectivity index (χ0v) is 2.52. The fourth-order valence-corrected chi connectivity index (χ4v) is 0.161. The molecule has 24 valence electrons. The summed E-state index contributed by atoms with van der Waals surface area (Å²) in [5, 5.41) is 5.92. The predicted octanol–water partition coefficient (Wildman–Crippen LogP) is 0.0101. The van der Waals surface area contributed by atoms with E-state index in [1.54, 1.807) is 0 Å². The van der Waals surface area contributed by atoms with Crippen molar-refractivity contribution >= 4 is 0 Å². The van der Waals surface area contributed by atoms with Crippen LogP contribution in [-0.4, -0.2) is 10.2 Å². The Bertz CT molecular complexity index is 61.4. The van der Waals surface area contributed by atoms with Crippen LogP contribution in [0, 0.1) is 12.3 Å². The van der Waals surface area contributed by atoms with Crippen LogP contribution in [0.25, 0.3) is 0 Å². The van der Waals surface area contributed by atoms with Crippen molar-refractivity contribution in [3.63, 3.8) is 0 Å². The molecule has 1 N–H and O–H groups in total. The minimum absolute atomic E-state index is 1.51. The van der Waals surface area contributed by atoms with Crippen LogP contribution in [0.5, 0.6) is 0 Å². The Morgan fingerprint density at radius 3 is 3.00 bits per heavy atom. The summed E-state index contributed by atoms with van der Waals surface area (Å²) in [6, 6.07) is 2.57. The fourth-order valence-electron chi connectivity index (χ4n) is 0.161. The average Bonchev–Trinajstić information content (AvgIpc) is 1.76. The number of H-pyrrole nitrogens is 1. The van der Waals surface area contributed by atoms with E-state index in [4.69, 9.17) is 0 Å². The highest BCUT2D eigenvalue weighted by atomic mass is 15.1. The maximum atomic E-state index is 3.49. The van der Waals surface area contributed by atoms with Gasteiger partial charge in [-0.25, -0.2) is 0 Å². The van der Waals surface area contributed by atoms with E-state index in [1.807, 2.05) is 0 Å². The van der Waals surface area contributed by atoms with Crippen LogP contribution in [0.15, 0.2) is 6.20 Å². The SMILES string of the molecule is [c]1[c][nH]nc1. The zero-order chi connectivity index (χ0) is 3.54. The predicted molar refractivity (Wildman–Crippen MR) is 16.3 cm³/mol. The van der Waals surface area contributed by atoms with Gasteiger partial charge in [0.25, 0.3) is 0 Å². The minimum Gasteiger partial charge on any atom is -0.276 e. The molecular weight excluding hydrogens is 64.0 g/mol. The second kappa shape index (κ2) is 0.885. The summed E-state index contributed by atoms with van der Waals surface area (Å²) in [5.41, 5.74) is 0. The lowest BCUT2D eigenvalue weighted by atomic mass is 10.8. The van der Waals surface area contributed by atoms with E-state index < -0.39 is 0 Å². The minimum atomic E-state index is 1.51. The van der Waals surface area contributed by atoms with E-state index in [1.165, 1.54) is 6.20 Å². The monoisotopic (exact) mass is 66.0 g/mol. The number of hydrogen-bond donors (Lipinski definition) is 1. The first-order chi connectivity index (χ1) is 2.50. The molecule has 1 aromatic rings. The van der Waals surface area contributed by atoms with Crippen LogP contribution in [-0.2, 0) is 0 Å². The number of nitrogens with one attached hydrogen (secondary N) is 1. The van der Waals surface area contributed by atoms with Gasteiger partial charge in [-0.05, 0) is 0 Å². The molecule has 0 spiro atoms. The van der Waals surface area contributed by atoms with E-state index in [9.17, 15) is 0 Å². The molecule has 0 aliphatic heterocycles. The van der Waals surface area contributed by atoms with Gasteiger partial charge in [-0.15, -0.1) is 0 Å². The highest BCUT2D eigenvalue weighted by molar-refractivity contribution is 4.65. The molecule has 0 aliphatic rings. The van der Waals surface area contributed by atoms with Gasteiger partial charge in [0, 0.05) is 6.07 Å². The highest BCUT2D eigenvalue weighted by Crippen LogP contribution is 1.60. The molecule has 2 heteroatoms. The number of nitrogens with zero attached hydrogens (tertiary/aromatic N) is 1. The summed E-state index contributed by atoms with van der Waals surface area (Å²) in [4.78, 5) is 0. The molecule has 0 saturated carbocycles. The van der Waals surface area contributed by atoms with Crippen LogP contribution < -0.4 is 0 Å². The Kier molecular flexibility index (Phi) is 0.433. The summed E-state index contributed by atoms with van der Waals surface area (Å²) < 4.78 is 0. The van der Waals surface area contributed by atoms with Gasteiger partial charge in [-0.3, -0.25) is 5.10 Å². The Hall–Kier alpha value is -0.790. The number of aromatic amines is 1. The molecule has 2 nitrogen and oxygen atoms in total. The smallest absolute Gasteiger partial charge is 0.0914 e. The van der Waals surface area contributed by atoms with Crippen molar-refractivity contribution in [2.45, 2.75) is 0 Å². The molecular formula is C3H2N2. The quantitative estimate of drug-likeness (QED) is 0.454. The first kappa shape index (κ1) is 2.45. The van der Waals surface area contributed by atoms with E-state index in [-0.39, 0.29) is 0 Å². The van der Waals surface area contributed by atoms with E-state index in [2.05, 4.69) is 22.5 Å². The van der Waals surface area contributed by atoms with E-state index in [0.717, 1.165) is 0 Å². The molecule has 2 radical (unpaired) electrons. The maximum absolute atomic E-state index is 3.49. The Morgan fingerprint density at radius 2 is 2.80 bits per heavy atom. The molecule has 5 heavy (non-hydrogen) atoms. The van der Waals surface area contributed by atoms with Crippen molar-refractivity contribution in [3.05, 3.63) is 18.5 Å². The third-order valence-electron chi connectivity index (χ3n) is 0.322. The Morgan fingerprint density at radius 1 is 1.80 bits per heavy atom. The number of rotatable bonds is 0. The van der Waals surface area contributed by atoms with Crippen LogP contribution in [0.4, 0.5) is 0 Å². The summed E-state index contributed by atoms with van der Waals surface area (Å²) in [7, 11) is 0. The molecule has 0 atom stereocenters. The van der Waals surface area contributed by atoms with Crippen molar-refractivity contribution in [2.24, 2.45) is 0 Å². The zero-order valence-electron chi connectivity index (χ0n) is 2.52. The molecule has 1 rings (SSSR count). The van der Waals surface area contributed by atoms with Crippen molar-refractivity contribution in [3.8, 4) is 0 Å². The molecule has 0 bridgehead atoms. The molecule has 1 heterocycles. The summed E-state index contributed by atoms with van der Waals surface area (Å²) in [5.74, 6) is 0. The second-order valence-electron chi connectivity index (χ2n) is 0.639. The first-order valence-corrected chi connectivity index (χ1v) is 1.27. The van der Waals surface area contributed by atoms with Crippen LogP contribution >= 0.6 is 0 Å². The largest absolute Gasteiger partial charge is 0.276 e. The molecule has 0 fully saturated rings. The molecule has 0 saturated heterocycles. The third kappa shape index (κ3) is 0.265. The number of aromatic nitrogens is 2. The summed E-state index contributed by atoms with van der Waals surface area (Å²) in [6.07, 6.45) is 4.01. The molecule has 0 aromatic carbocycles. The van der Waals surface area contributed by atoms with E-state index >= 15 is 0 Å². The van der Waals surface area contributed by atoms with Crippen molar-refractivity contribution in [1.29, 1.82) is 0 Å². The van der Waals surface area contributed by atoms with Gasteiger partial charge in [0.15, 0.2) is 0 Å². The van der Waals surface area contributed by atoms with Crippen molar-refractivity contribution in [1.82, 2.24) is 10.2 Å². The van der Waals surface area contributed by atoms with Gasteiger partial charge >= 0.3 is 0 Å². The topological polar surface area (TPSA) is 28.7 Å². The second-order valence-corrected chi connectivity index (χ2v) is 0.639. The van der Waals surface area contributed by atoms with E-state index in [0.29, 0.717) is 0 Å². The summed E-state index contributed by atoms with van der Waals surface area (Å²) >= 11 is 0. The van der Waals surface area contributed by atoms with Gasteiger partial charge in [0.05, 0.1) is 12.4 Å². The van der Waals surface area contributed by atoms with Crippen LogP contribution in [0.3, 0.4) is 0 Å². The van der Waals surface area contributed by atoms with Crippen molar-refractivity contribution < 1.29 is 0 Å². The normalized spacial score (nSPS) is 8.00. The lowest BCUT2D eigenvalue weighted by Crippen LogP contribution is -1.54. The number of hydrogen-bond acceptors (Lipinski definition) is 1. The maximum Gasteiger partial charge on any atom is 0.0914 e. The highest BCUT2D eigenvalue weighted by Gasteiger charge is 1.59. The molecule has 0 amide bonds. The molecule has 1 aromatic heterocycles. The molecule has 0 unspecified atom stereocenters. The van der Waals surface area contributed by atoms with Gasteiger partial charge in [0.1, 0.15) is 0 Å². The molecule has 0 aliphatic carbocycles. The lowest BCUT2D eigenvalue weighted by molar-refractivity contribution is 1.08. The Balaban J connectivity index is 3.13. The third-order valence-corrected chi connectivity index (χ3v) is 0.322. The van der Waals surface area contributed by atoms with Gasteiger partial charge in [-0.2, -0.15) is 5.10 Å². The van der Waals surface area contributed by atoms with Gasteiger partial charge in [0.2, 0.25) is 0 Å². The standard InChI is InChI=1S/C3H2N2/c1-2-4-5-3-1/h2H,(H,4,5). The average molecular weight is 66.1 g/mol. The Labute approximate surface area is 29.8 Å².